The standard InChI is InChI=1S/C15H18ClN3S/c1-3-13(17)14(11-4-6-12(16)7-5-11)20-15-18-8-10(2)9-19-15/h4-9,13-14H,3,17H2,1-2H3. The fourth-order valence-electron chi connectivity index (χ4n) is 1.82. The molecule has 0 aliphatic heterocycles. The molecule has 0 saturated heterocycles. The summed E-state index contributed by atoms with van der Waals surface area (Å²) in [6.45, 7) is 4.06. The molecule has 20 heavy (non-hydrogen) atoms. The van der Waals surface area contributed by atoms with E-state index in [2.05, 4.69) is 16.9 Å². The highest BCUT2D eigenvalue weighted by molar-refractivity contribution is 7.99. The molecule has 1 heterocycles. The van der Waals surface area contributed by atoms with E-state index >= 15 is 0 Å². The number of benzene rings is 1. The van der Waals surface area contributed by atoms with Gasteiger partial charge in [-0.1, -0.05) is 42.4 Å². The van der Waals surface area contributed by atoms with Gasteiger partial charge in [-0.3, -0.25) is 0 Å². The molecule has 2 unspecified atom stereocenters. The van der Waals surface area contributed by atoms with Crippen molar-refractivity contribution in [1.82, 2.24) is 9.97 Å². The van der Waals surface area contributed by atoms with Crippen molar-refractivity contribution in [3.05, 3.63) is 52.8 Å². The monoisotopic (exact) mass is 307 g/mol. The van der Waals surface area contributed by atoms with E-state index < -0.39 is 0 Å². The van der Waals surface area contributed by atoms with Crippen molar-refractivity contribution < 1.29 is 0 Å². The van der Waals surface area contributed by atoms with Crippen molar-refractivity contribution in [2.75, 3.05) is 0 Å². The van der Waals surface area contributed by atoms with Crippen LogP contribution >= 0.6 is 23.4 Å². The Bertz CT molecular complexity index is 542. The molecule has 2 rings (SSSR count). The Labute approximate surface area is 129 Å². The Hall–Kier alpha value is -1.10. The summed E-state index contributed by atoms with van der Waals surface area (Å²) in [5.74, 6) is 0. The Morgan fingerprint density at radius 3 is 2.35 bits per heavy atom. The minimum atomic E-state index is 0.0473. The number of halogens is 1. The first kappa shape index (κ1) is 15.3. The highest BCUT2D eigenvalue weighted by atomic mass is 35.5. The molecule has 0 amide bonds. The lowest BCUT2D eigenvalue weighted by atomic mass is 10.0. The molecule has 3 nitrogen and oxygen atoms in total. The van der Waals surface area contributed by atoms with Crippen LogP contribution in [0, 0.1) is 6.92 Å². The van der Waals surface area contributed by atoms with Crippen LogP contribution in [0.2, 0.25) is 5.02 Å². The van der Waals surface area contributed by atoms with E-state index in [0.29, 0.717) is 0 Å². The number of nitrogens with zero attached hydrogens (tertiary/aromatic N) is 2. The fourth-order valence-corrected chi connectivity index (χ4v) is 3.07. The summed E-state index contributed by atoms with van der Waals surface area (Å²) >= 11 is 7.54. The van der Waals surface area contributed by atoms with Crippen molar-refractivity contribution in [1.29, 1.82) is 0 Å². The van der Waals surface area contributed by atoms with E-state index in [1.807, 2.05) is 43.6 Å². The topological polar surface area (TPSA) is 51.8 Å². The molecule has 5 heteroatoms. The molecule has 1 aromatic heterocycles. The quantitative estimate of drug-likeness (QED) is 0.670. The summed E-state index contributed by atoms with van der Waals surface area (Å²) in [4.78, 5) is 8.70. The molecule has 1 aromatic carbocycles. The summed E-state index contributed by atoms with van der Waals surface area (Å²) < 4.78 is 0. The van der Waals surface area contributed by atoms with Crippen molar-refractivity contribution >= 4 is 23.4 Å². The second-order valence-corrected chi connectivity index (χ2v) is 6.25. The van der Waals surface area contributed by atoms with Crippen molar-refractivity contribution in [2.24, 2.45) is 5.73 Å². The molecular formula is C15H18ClN3S. The van der Waals surface area contributed by atoms with Gasteiger partial charge in [-0.15, -0.1) is 0 Å². The Morgan fingerprint density at radius 2 is 1.80 bits per heavy atom. The highest BCUT2D eigenvalue weighted by Crippen LogP contribution is 2.36. The summed E-state index contributed by atoms with van der Waals surface area (Å²) in [5.41, 5.74) is 8.46. The fraction of sp³-hybridized carbons (Fsp3) is 0.333. The zero-order valence-electron chi connectivity index (χ0n) is 11.6. The number of aromatic nitrogens is 2. The first-order valence-corrected chi connectivity index (χ1v) is 7.82. The van der Waals surface area contributed by atoms with Crippen LogP contribution in [0.25, 0.3) is 0 Å². The average molecular weight is 308 g/mol. The van der Waals surface area contributed by atoms with Crippen LogP contribution in [0.15, 0.2) is 41.8 Å². The molecule has 0 bridgehead atoms. The predicted molar refractivity (Wildman–Crippen MR) is 85.1 cm³/mol. The molecule has 0 spiro atoms. The van der Waals surface area contributed by atoms with Crippen LogP contribution in [-0.4, -0.2) is 16.0 Å². The molecule has 2 N–H and O–H groups in total. The number of rotatable bonds is 5. The minimum absolute atomic E-state index is 0.0473. The molecule has 2 atom stereocenters. The summed E-state index contributed by atoms with van der Waals surface area (Å²) in [7, 11) is 0. The van der Waals surface area contributed by atoms with E-state index in [9.17, 15) is 0 Å². The Kier molecular flexibility index (Phi) is 5.40. The molecule has 2 aromatic rings. The lowest BCUT2D eigenvalue weighted by Gasteiger charge is -2.22. The van der Waals surface area contributed by atoms with Gasteiger partial charge in [-0.2, -0.15) is 0 Å². The zero-order valence-corrected chi connectivity index (χ0v) is 13.2. The van der Waals surface area contributed by atoms with Gasteiger partial charge in [0.25, 0.3) is 0 Å². The third-order valence-corrected chi connectivity index (χ3v) is 4.60. The Morgan fingerprint density at radius 1 is 1.20 bits per heavy atom. The molecular weight excluding hydrogens is 290 g/mol. The van der Waals surface area contributed by atoms with Crippen molar-refractivity contribution in [3.63, 3.8) is 0 Å². The van der Waals surface area contributed by atoms with Gasteiger partial charge in [0.2, 0.25) is 0 Å². The predicted octanol–water partition coefficient (Wildman–Crippen LogP) is 4.01. The van der Waals surface area contributed by atoms with Gasteiger partial charge < -0.3 is 5.73 Å². The average Bonchev–Trinajstić information content (AvgIpc) is 2.47. The summed E-state index contributed by atoms with van der Waals surface area (Å²) in [6.07, 6.45) is 4.55. The van der Waals surface area contributed by atoms with Gasteiger partial charge in [0, 0.05) is 23.5 Å². The van der Waals surface area contributed by atoms with E-state index in [1.165, 1.54) is 0 Å². The smallest absolute Gasteiger partial charge is 0.188 e. The second-order valence-electron chi connectivity index (χ2n) is 4.71. The molecule has 0 fully saturated rings. The first-order chi connectivity index (χ1) is 9.60. The van der Waals surface area contributed by atoms with Crippen LogP contribution in [0.4, 0.5) is 0 Å². The zero-order chi connectivity index (χ0) is 14.5. The molecule has 0 radical (unpaired) electrons. The molecule has 0 saturated carbocycles. The number of hydrogen-bond acceptors (Lipinski definition) is 4. The van der Waals surface area contributed by atoms with E-state index in [4.69, 9.17) is 17.3 Å². The third kappa shape index (κ3) is 3.95. The minimum Gasteiger partial charge on any atom is -0.326 e. The van der Waals surface area contributed by atoms with Crippen LogP contribution in [0.5, 0.6) is 0 Å². The third-order valence-electron chi connectivity index (χ3n) is 3.05. The summed E-state index contributed by atoms with van der Waals surface area (Å²) in [6, 6.07) is 7.87. The van der Waals surface area contributed by atoms with Crippen LogP contribution in [0.3, 0.4) is 0 Å². The number of thioether (sulfide) groups is 1. The first-order valence-electron chi connectivity index (χ1n) is 6.56. The SMILES string of the molecule is CCC(N)C(Sc1ncc(C)cn1)c1ccc(Cl)cc1. The van der Waals surface area contributed by atoms with Gasteiger partial charge in [0.15, 0.2) is 5.16 Å². The molecule has 0 aliphatic carbocycles. The Balaban J connectivity index is 2.23. The maximum absolute atomic E-state index is 6.26. The van der Waals surface area contributed by atoms with Gasteiger partial charge in [0.1, 0.15) is 0 Å². The van der Waals surface area contributed by atoms with Gasteiger partial charge >= 0.3 is 0 Å². The maximum atomic E-state index is 6.26. The number of hydrogen-bond donors (Lipinski definition) is 1. The van der Waals surface area contributed by atoms with Crippen LogP contribution in [0.1, 0.15) is 29.7 Å². The number of aryl methyl sites for hydroxylation is 1. The van der Waals surface area contributed by atoms with E-state index in [1.54, 1.807) is 11.8 Å². The lowest BCUT2D eigenvalue weighted by Crippen LogP contribution is -2.25. The van der Waals surface area contributed by atoms with Crippen molar-refractivity contribution in [3.8, 4) is 0 Å². The van der Waals surface area contributed by atoms with Gasteiger partial charge in [-0.05, 0) is 36.6 Å². The maximum Gasteiger partial charge on any atom is 0.188 e. The van der Waals surface area contributed by atoms with E-state index in [-0.39, 0.29) is 11.3 Å². The van der Waals surface area contributed by atoms with Gasteiger partial charge in [-0.25, -0.2) is 9.97 Å². The molecule has 0 aliphatic rings. The number of nitrogens with two attached hydrogens (primary N) is 1. The highest BCUT2D eigenvalue weighted by Gasteiger charge is 2.21. The molecule has 106 valence electrons. The van der Waals surface area contributed by atoms with Gasteiger partial charge in [0.05, 0.1) is 5.25 Å². The second kappa shape index (κ2) is 7.07. The van der Waals surface area contributed by atoms with Crippen molar-refractivity contribution in [2.45, 2.75) is 36.7 Å². The lowest BCUT2D eigenvalue weighted by molar-refractivity contribution is 0.632. The normalized spacial score (nSPS) is 14.0. The largest absolute Gasteiger partial charge is 0.326 e. The van der Waals surface area contributed by atoms with Crippen LogP contribution in [-0.2, 0) is 0 Å². The summed E-state index contributed by atoms with van der Waals surface area (Å²) in [5, 5.41) is 1.61. The van der Waals surface area contributed by atoms with Crippen LogP contribution < -0.4 is 5.73 Å². The van der Waals surface area contributed by atoms with E-state index in [0.717, 1.165) is 27.7 Å².